The van der Waals surface area contributed by atoms with Gasteiger partial charge in [0.2, 0.25) is 0 Å². The Labute approximate surface area is 101 Å². The van der Waals surface area contributed by atoms with Crippen LogP contribution in [0.4, 0.5) is 4.79 Å². The Morgan fingerprint density at radius 1 is 1.29 bits per heavy atom. The van der Waals surface area contributed by atoms with Gasteiger partial charge in [-0.3, -0.25) is 0 Å². The highest BCUT2D eigenvalue weighted by atomic mass is 16.4. The highest BCUT2D eigenvalue weighted by Gasteiger charge is 2.45. The number of carbonyl (C=O) groups excluding carboxylic acids is 1. The van der Waals surface area contributed by atoms with Crippen LogP contribution in [0.1, 0.15) is 44.9 Å². The summed E-state index contributed by atoms with van der Waals surface area (Å²) in [6.45, 7) is 0.637. The average Bonchev–Trinajstić information content (AvgIpc) is 3.01. The molecule has 2 aliphatic rings. The second-order valence-corrected chi connectivity index (χ2v) is 5.21. The van der Waals surface area contributed by atoms with Crippen LogP contribution in [0.5, 0.6) is 0 Å². The second kappa shape index (κ2) is 4.94. The summed E-state index contributed by atoms with van der Waals surface area (Å²) in [5.41, 5.74) is -0.999. The van der Waals surface area contributed by atoms with E-state index >= 15 is 0 Å². The Balaban J connectivity index is 1.63. The summed E-state index contributed by atoms with van der Waals surface area (Å²) in [6.07, 6.45) is 6.76. The number of hydrogen-bond donors (Lipinski definition) is 3. The maximum atomic E-state index is 11.5. The third kappa shape index (κ3) is 3.11. The fourth-order valence-corrected chi connectivity index (χ4v) is 2.18. The molecule has 0 bridgehead atoms. The molecular weight excluding hydrogens is 220 g/mol. The Hall–Kier alpha value is -1.26. The standard InChI is InChI=1S/C12H20N2O3/c15-10(16)12(6-2-7-12)14-11(17)13-8-1-3-9-4-5-9/h9H,1-8H2,(H,15,16)(H2,13,14,17). The minimum absolute atomic E-state index is 0.345. The molecule has 0 aliphatic heterocycles. The Kier molecular flexibility index (Phi) is 3.54. The molecule has 0 aromatic carbocycles. The van der Waals surface area contributed by atoms with Crippen LogP contribution in [0.2, 0.25) is 0 Å². The van der Waals surface area contributed by atoms with Crippen LogP contribution < -0.4 is 10.6 Å². The zero-order chi connectivity index (χ0) is 12.3. The minimum atomic E-state index is -0.999. The fourth-order valence-electron chi connectivity index (χ4n) is 2.18. The van der Waals surface area contributed by atoms with E-state index in [1.54, 1.807) is 0 Å². The van der Waals surface area contributed by atoms with E-state index in [-0.39, 0.29) is 6.03 Å². The molecule has 0 unspecified atom stereocenters. The molecule has 3 N–H and O–H groups in total. The summed E-state index contributed by atoms with van der Waals surface area (Å²) in [5.74, 6) is -0.0475. The first kappa shape index (κ1) is 12.2. The van der Waals surface area contributed by atoms with Crippen LogP contribution in [-0.4, -0.2) is 29.2 Å². The van der Waals surface area contributed by atoms with E-state index < -0.39 is 11.5 Å². The van der Waals surface area contributed by atoms with Crippen LogP contribution >= 0.6 is 0 Å². The fraction of sp³-hybridized carbons (Fsp3) is 0.833. The lowest BCUT2D eigenvalue weighted by Gasteiger charge is -2.38. The lowest BCUT2D eigenvalue weighted by atomic mass is 9.77. The van der Waals surface area contributed by atoms with Crippen molar-refractivity contribution >= 4 is 12.0 Å². The van der Waals surface area contributed by atoms with Crippen molar-refractivity contribution in [3.8, 4) is 0 Å². The number of urea groups is 1. The number of amides is 2. The first-order chi connectivity index (χ1) is 8.12. The van der Waals surface area contributed by atoms with E-state index in [2.05, 4.69) is 10.6 Å². The molecule has 0 aromatic rings. The highest BCUT2D eigenvalue weighted by Crippen LogP contribution is 2.33. The van der Waals surface area contributed by atoms with Crippen molar-refractivity contribution in [3.05, 3.63) is 0 Å². The summed E-state index contributed by atoms with van der Waals surface area (Å²) < 4.78 is 0. The molecular formula is C12H20N2O3. The maximum Gasteiger partial charge on any atom is 0.329 e. The quantitative estimate of drug-likeness (QED) is 0.615. The number of aliphatic carboxylic acids is 1. The average molecular weight is 240 g/mol. The zero-order valence-corrected chi connectivity index (χ0v) is 10.00. The first-order valence-electron chi connectivity index (χ1n) is 6.42. The van der Waals surface area contributed by atoms with E-state index in [1.165, 1.54) is 19.3 Å². The van der Waals surface area contributed by atoms with Gasteiger partial charge < -0.3 is 15.7 Å². The predicted molar refractivity (Wildman–Crippen MR) is 62.7 cm³/mol. The van der Waals surface area contributed by atoms with Gasteiger partial charge >= 0.3 is 12.0 Å². The second-order valence-electron chi connectivity index (χ2n) is 5.21. The van der Waals surface area contributed by atoms with Gasteiger partial charge in [0.05, 0.1) is 0 Å². The number of nitrogens with one attached hydrogen (secondary N) is 2. The summed E-state index contributed by atoms with van der Waals surface area (Å²) in [5, 5.41) is 14.4. The number of carboxylic acid groups (broad SMARTS) is 1. The van der Waals surface area contributed by atoms with Crippen molar-refractivity contribution in [2.24, 2.45) is 5.92 Å². The molecule has 2 amide bonds. The van der Waals surface area contributed by atoms with Gasteiger partial charge in [-0.05, 0) is 38.0 Å². The van der Waals surface area contributed by atoms with Gasteiger partial charge in [-0.25, -0.2) is 9.59 Å². The third-order valence-corrected chi connectivity index (χ3v) is 3.74. The number of carboxylic acids is 1. The number of rotatable bonds is 6. The van der Waals surface area contributed by atoms with Crippen molar-refractivity contribution in [3.63, 3.8) is 0 Å². The molecule has 0 atom stereocenters. The zero-order valence-electron chi connectivity index (χ0n) is 10.00. The van der Waals surface area contributed by atoms with Crippen LogP contribution in [-0.2, 0) is 4.79 Å². The molecule has 0 radical (unpaired) electrons. The molecule has 0 spiro atoms. The molecule has 2 fully saturated rings. The summed E-state index contributed by atoms with van der Waals surface area (Å²) in [7, 11) is 0. The van der Waals surface area contributed by atoms with Gasteiger partial charge in [0, 0.05) is 6.54 Å². The largest absolute Gasteiger partial charge is 0.480 e. The summed E-state index contributed by atoms with van der Waals surface area (Å²) in [4.78, 5) is 22.6. The predicted octanol–water partition coefficient (Wildman–Crippen LogP) is 1.48. The molecule has 5 nitrogen and oxygen atoms in total. The monoisotopic (exact) mass is 240 g/mol. The van der Waals surface area contributed by atoms with E-state index in [4.69, 9.17) is 5.11 Å². The highest BCUT2D eigenvalue weighted by molar-refractivity contribution is 5.87. The van der Waals surface area contributed by atoms with Gasteiger partial charge in [0.15, 0.2) is 0 Å². The van der Waals surface area contributed by atoms with Gasteiger partial charge in [-0.15, -0.1) is 0 Å². The van der Waals surface area contributed by atoms with Crippen molar-refractivity contribution in [2.45, 2.75) is 50.5 Å². The summed E-state index contributed by atoms with van der Waals surface area (Å²) >= 11 is 0. The number of hydrogen-bond acceptors (Lipinski definition) is 2. The van der Waals surface area contributed by atoms with Gasteiger partial charge in [0.1, 0.15) is 5.54 Å². The molecule has 0 saturated heterocycles. The van der Waals surface area contributed by atoms with Gasteiger partial charge in [-0.2, -0.15) is 0 Å². The van der Waals surface area contributed by atoms with Crippen LogP contribution in [0, 0.1) is 5.92 Å². The Morgan fingerprint density at radius 2 is 2.00 bits per heavy atom. The topological polar surface area (TPSA) is 78.4 Å². The van der Waals surface area contributed by atoms with Gasteiger partial charge in [-0.1, -0.05) is 12.8 Å². The Bertz CT molecular complexity index is 309. The first-order valence-corrected chi connectivity index (χ1v) is 6.42. The molecule has 2 aliphatic carbocycles. The maximum absolute atomic E-state index is 11.5. The lowest BCUT2D eigenvalue weighted by Crippen LogP contribution is -2.61. The van der Waals surface area contributed by atoms with Crippen molar-refractivity contribution < 1.29 is 14.7 Å². The van der Waals surface area contributed by atoms with E-state index in [9.17, 15) is 9.59 Å². The molecule has 5 heteroatoms. The normalized spacial score (nSPS) is 21.4. The van der Waals surface area contributed by atoms with E-state index in [0.717, 1.165) is 18.8 Å². The molecule has 0 heterocycles. The van der Waals surface area contributed by atoms with Crippen LogP contribution in [0.3, 0.4) is 0 Å². The summed E-state index contributed by atoms with van der Waals surface area (Å²) in [6, 6.07) is -0.345. The van der Waals surface area contributed by atoms with Crippen molar-refractivity contribution in [2.75, 3.05) is 6.54 Å². The molecule has 2 saturated carbocycles. The smallest absolute Gasteiger partial charge is 0.329 e. The SMILES string of the molecule is O=C(NCCCC1CC1)NC1(C(=O)O)CCC1. The lowest BCUT2D eigenvalue weighted by molar-refractivity contribution is -0.148. The third-order valence-electron chi connectivity index (χ3n) is 3.74. The molecule has 17 heavy (non-hydrogen) atoms. The van der Waals surface area contributed by atoms with E-state index in [0.29, 0.717) is 19.4 Å². The van der Waals surface area contributed by atoms with Crippen molar-refractivity contribution in [1.82, 2.24) is 10.6 Å². The Morgan fingerprint density at radius 3 is 2.47 bits per heavy atom. The van der Waals surface area contributed by atoms with Crippen LogP contribution in [0.25, 0.3) is 0 Å². The molecule has 96 valence electrons. The molecule has 2 rings (SSSR count). The van der Waals surface area contributed by atoms with Gasteiger partial charge in [0.25, 0.3) is 0 Å². The number of carbonyl (C=O) groups is 2. The van der Waals surface area contributed by atoms with Crippen molar-refractivity contribution in [1.29, 1.82) is 0 Å². The minimum Gasteiger partial charge on any atom is -0.480 e. The molecule has 0 aromatic heterocycles. The van der Waals surface area contributed by atoms with Crippen LogP contribution in [0.15, 0.2) is 0 Å². The van der Waals surface area contributed by atoms with E-state index in [1.807, 2.05) is 0 Å².